The van der Waals surface area contributed by atoms with E-state index in [4.69, 9.17) is 9.73 Å². The van der Waals surface area contributed by atoms with E-state index in [-0.39, 0.29) is 17.4 Å². The maximum atomic E-state index is 13.7. The number of fused-ring (bicyclic) bond motifs is 3. The highest BCUT2D eigenvalue weighted by molar-refractivity contribution is 7.07. The summed E-state index contributed by atoms with van der Waals surface area (Å²) < 4.78 is 7.84. The van der Waals surface area contributed by atoms with Crippen LogP contribution in [-0.4, -0.2) is 16.8 Å². The molecule has 0 fully saturated rings. The van der Waals surface area contributed by atoms with Crippen LogP contribution in [0.4, 0.5) is 0 Å². The second kappa shape index (κ2) is 8.15. The molecule has 0 bridgehead atoms. The summed E-state index contributed by atoms with van der Waals surface area (Å²) in [6, 6.07) is 23.1. The average Bonchev–Trinajstić information content (AvgIpc) is 3.18. The minimum Gasteiger partial charge on any atom is -0.507 e. The first-order valence-electron chi connectivity index (χ1n) is 11.2. The molecule has 3 aromatic carbocycles. The number of phenols is 1. The standard InChI is InChI=1S/C28H22N2O3S/c1-33-20-10-6-9-19(15-20)26-22-14-13-17-7-2-4-11-21(17)25(22)29-28-30(26)27(32)24(34-28)16-18-8-3-5-12-23(18)31/h2-12,15-16,26,31H,13-14H2,1H3. The Bertz CT molecular complexity index is 1640. The summed E-state index contributed by atoms with van der Waals surface area (Å²) in [5.74, 6) is 0.898. The molecule has 0 amide bonds. The molecule has 0 radical (unpaired) electrons. The third-order valence-corrected chi connectivity index (χ3v) is 7.49. The zero-order valence-corrected chi connectivity index (χ0v) is 19.4. The number of ether oxygens (including phenoxy) is 1. The number of hydrogen-bond acceptors (Lipinski definition) is 5. The lowest BCUT2D eigenvalue weighted by Crippen LogP contribution is -2.38. The zero-order chi connectivity index (χ0) is 23.2. The van der Waals surface area contributed by atoms with E-state index in [1.54, 1.807) is 36.0 Å². The van der Waals surface area contributed by atoms with E-state index in [1.165, 1.54) is 16.9 Å². The van der Waals surface area contributed by atoms with Gasteiger partial charge < -0.3 is 9.84 Å². The van der Waals surface area contributed by atoms with E-state index < -0.39 is 0 Å². The van der Waals surface area contributed by atoms with Crippen LogP contribution in [0.15, 0.2) is 88.2 Å². The van der Waals surface area contributed by atoms with Gasteiger partial charge in [0.2, 0.25) is 0 Å². The number of hydrogen-bond donors (Lipinski definition) is 1. The molecule has 34 heavy (non-hydrogen) atoms. The van der Waals surface area contributed by atoms with E-state index in [9.17, 15) is 9.90 Å². The SMILES string of the molecule is COc1cccc(C2C3=C(N=c4sc(=Cc5ccccc5O)c(=O)n42)c2ccccc2CC3)c1. The fraction of sp³-hybridized carbons (Fsp3) is 0.143. The number of rotatable bonds is 3. The van der Waals surface area contributed by atoms with Crippen molar-refractivity contribution in [3.05, 3.63) is 120 Å². The van der Waals surface area contributed by atoms with Crippen LogP contribution in [0, 0.1) is 0 Å². The summed E-state index contributed by atoms with van der Waals surface area (Å²) in [5, 5.41) is 10.2. The van der Waals surface area contributed by atoms with Crippen molar-refractivity contribution in [3.63, 3.8) is 0 Å². The molecule has 1 aliphatic heterocycles. The second-order valence-electron chi connectivity index (χ2n) is 8.45. The summed E-state index contributed by atoms with van der Waals surface area (Å²) in [6.07, 6.45) is 3.49. The van der Waals surface area contributed by atoms with E-state index in [0.29, 0.717) is 14.9 Å². The van der Waals surface area contributed by atoms with Crippen molar-refractivity contribution in [3.8, 4) is 11.5 Å². The first-order valence-corrected chi connectivity index (χ1v) is 12.0. The molecule has 2 aliphatic rings. The van der Waals surface area contributed by atoms with Crippen molar-refractivity contribution >= 4 is 23.1 Å². The van der Waals surface area contributed by atoms with Gasteiger partial charge in [-0.1, -0.05) is 65.9 Å². The molecule has 5 nitrogen and oxygen atoms in total. The number of benzene rings is 3. The Balaban J connectivity index is 1.64. The Morgan fingerprint density at radius 3 is 2.74 bits per heavy atom. The molecule has 2 heterocycles. The third-order valence-electron chi connectivity index (χ3n) is 6.51. The highest BCUT2D eigenvalue weighted by Gasteiger charge is 2.32. The number of aromatic hydroxyl groups is 1. The predicted molar refractivity (Wildman–Crippen MR) is 134 cm³/mol. The first kappa shape index (κ1) is 20.7. The number of para-hydroxylation sites is 1. The molecule has 6 rings (SSSR count). The highest BCUT2D eigenvalue weighted by atomic mass is 32.1. The largest absolute Gasteiger partial charge is 0.507 e. The third kappa shape index (κ3) is 3.30. The van der Waals surface area contributed by atoms with Gasteiger partial charge in [-0.2, -0.15) is 0 Å². The van der Waals surface area contributed by atoms with E-state index in [2.05, 4.69) is 18.2 Å². The van der Waals surface area contributed by atoms with Crippen LogP contribution in [0.1, 0.15) is 34.7 Å². The molecule has 168 valence electrons. The Morgan fingerprint density at radius 1 is 1.06 bits per heavy atom. The number of aromatic nitrogens is 1. The summed E-state index contributed by atoms with van der Waals surface area (Å²) in [4.78, 5) is 19.4. The number of aryl methyl sites for hydroxylation is 1. The van der Waals surface area contributed by atoms with E-state index in [1.807, 2.05) is 36.4 Å². The van der Waals surface area contributed by atoms with E-state index in [0.717, 1.165) is 41.0 Å². The molecular formula is C28H22N2O3S. The average molecular weight is 467 g/mol. The normalized spacial score (nSPS) is 17.0. The smallest absolute Gasteiger partial charge is 0.271 e. The zero-order valence-electron chi connectivity index (χ0n) is 18.6. The van der Waals surface area contributed by atoms with Crippen molar-refractivity contribution in [2.45, 2.75) is 18.9 Å². The van der Waals surface area contributed by atoms with Crippen molar-refractivity contribution in [1.29, 1.82) is 0 Å². The van der Waals surface area contributed by atoms with Gasteiger partial charge in [0.25, 0.3) is 5.56 Å². The molecule has 1 N–H and O–H groups in total. The van der Waals surface area contributed by atoms with Gasteiger partial charge in [0.15, 0.2) is 4.80 Å². The maximum Gasteiger partial charge on any atom is 0.271 e. The lowest BCUT2D eigenvalue weighted by atomic mass is 9.83. The molecule has 1 aliphatic carbocycles. The number of phenolic OH excluding ortho intramolecular Hbond substituents is 1. The minimum absolute atomic E-state index is 0.106. The predicted octanol–water partition coefficient (Wildman–Crippen LogP) is 4.03. The fourth-order valence-electron chi connectivity index (χ4n) is 4.88. The Kier molecular flexibility index (Phi) is 4.96. The molecule has 0 saturated carbocycles. The van der Waals surface area contributed by atoms with Crippen molar-refractivity contribution < 1.29 is 9.84 Å². The minimum atomic E-state index is -0.263. The van der Waals surface area contributed by atoms with Gasteiger partial charge in [0.1, 0.15) is 11.5 Å². The monoisotopic (exact) mass is 466 g/mol. The molecule has 1 aromatic heterocycles. The molecule has 0 saturated heterocycles. The van der Waals surface area contributed by atoms with Crippen LogP contribution in [0.2, 0.25) is 0 Å². The molecule has 4 aromatic rings. The Hall–Kier alpha value is -3.90. The van der Waals surface area contributed by atoms with Gasteiger partial charge in [-0.3, -0.25) is 9.36 Å². The van der Waals surface area contributed by atoms with Gasteiger partial charge in [0, 0.05) is 11.1 Å². The number of methoxy groups -OCH3 is 1. The molecule has 1 atom stereocenters. The van der Waals surface area contributed by atoms with Crippen LogP contribution >= 0.6 is 11.3 Å². The van der Waals surface area contributed by atoms with E-state index >= 15 is 0 Å². The molecule has 1 unspecified atom stereocenters. The summed E-state index contributed by atoms with van der Waals surface area (Å²) in [7, 11) is 1.65. The van der Waals surface area contributed by atoms with Crippen molar-refractivity contribution in [1.82, 2.24) is 4.57 Å². The molecular weight excluding hydrogens is 444 g/mol. The lowest BCUT2D eigenvalue weighted by Gasteiger charge is -2.31. The summed E-state index contributed by atoms with van der Waals surface area (Å²) in [5.41, 5.74) is 6.03. The van der Waals surface area contributed by atoms with Gasteiger partial charge >= 0.3 is 0 Å². The van der Waals surface area contributed by atoms with Crippen molar-refractivity contribution in [2.24, 2.45) is 4.99 Å². The number of allylic oxidation sites excluding steroid dienone is 1. The molecule has 6 heteroatoms. The van der Waals surface area contributed by atoms with Crippen LogP contribution in [0.5, 0.6) is 11.5 Å². The lowest BCUT2D eigenvalue weighted by molar-refractivity contribution is 0.413. The number of thiazole rings is 1. The first-order chi connectivity index (χ1) is 16.6. The summed E-state index contributed by atoms with van der Waals surface area (Å²) >= 11 is 1.36. The van der Waals surface area contributed by atoms with Gasteiger partial charge in [-0.25, -0.2) is 4.99 Å². The molecule has 0 spiro atoms. The summed E-state index contributed by atoms with van der Waals surface area (Å²) in [6.45, 7) is 0. The topological polar surface area (TPSA) is 63.8 Å². The number of nitrogens with zero attached hydrogens (tertiary/aromatic N) is 2. The van der Waals surface area contributed by atoms with Crippen LogP contribution < -0.4 is 19.6 Å². The second-order valence-corrected chi connectivity index (χ2v) is 9.46. The van der Waals surface area contributed by atoms with Gasteiger partial charge in [0.05, 0.1) is 23.4 Å². The van der Waals surface area contributed by atoms with Gasteiger partial charge in [-0.15, -0.1) is 0 Å². The van der Waals surface area contributed by atoms with Crippen LogP contribution in [0.25, 0.3) is 11.8 Å². The van der Waals surface area contributed by atoms with Gasteiger partial charge in [-0.05, 0) is 53.8 Å². The van der Waals surface area contributed by atoms with Crippen molar-refractivity contribution in [2.75, 3.05) is 7.11 Å². The quantitative estimate of drug-likeness (QED) is 0.496. The fourth-order valence-corrected chi connectivity index (χ4v) is 5.88. The highest BCUT2D eigenvalue weighted by Crippen LogP contribution is 2.41. The van der Waals surface area contributed by atoms with Crippen LogP contribution in [-0.2, 0) is 6.42 Å². The Morgan fingerprint density at radius 2 is 1.88 bits per heavy atom. The maximum absolute atomic E-state index is 13.7. The van der Waals surface area contributed by atoms with Crippen LogP contribution in [0.3, 0.4) is 0 Å². The Labute approximate surface area is 200 Å².